The lowest BCUT2D eigenvalue weighted by molar-refractivity contribution is -0.0297. The van der Waals surface area contributed by atoms with Gasteiger partial charge < -0.3 is 9.84 Å². The first kappa shape index (κ1) is 14.4. The molecule has 1 saturated carbocycles. The van der Waals surface area contributed by atoms with Gasteiger partial charge in [-0.2, -0.15) is 0 Å². The van der Waals surface area contributed by atoms with Gasteiger partial charge in [0.25, 0.3) is 0 Å². The number of aryl methyl sites for hydroxylation is 1. The number of ether oxygens (including phenoxy) is 1. The second-order valence-electron chi connectivity index (χ2n) is 6.92. The molecule has 0 spiro atoms. The highest BCUT2D eigenvalue weighted by Crippen LogP contribution is 2.39. The molecule has 1 aromatic carbocycles. The Balaban J connectivity index is 2.05. The summed E-state index contributed by atoms with van der Waals surface area (Å²) in [7, 11) is 0. The molecular weight excluding hydrogens is 236 g/mol. The predicted molar refractivity (Wildman–Crippen MR) is 78.4 cm³/mol. The lowest BCUT2D eigenvalue weighted by atomic mass is 9.71. The molecule has 2 heteroatoms. The van der Waals surface area contributed by atoms with Gasteiger partial charge in [-0.05, 0) is 55.2 Å². The van der Waals surface area contributed by atoms with E-state index in [2.05, 4.69) is 33.8 Å². The molecule has 2 nitrogen and oxygen atoms in total. The molecule has 1 fully saturated rings. The van der Waals surface area contributed by atoms with Gasteiger partial charge in [-0.25, -0.2) is 0 Å². The van der Waals surface area contributed by atoms with Crippen LogP contribution in [0.1, 0.15) is 45.6 Å². The maximum Gasteiger partial charge on any atom is 0.125 e. The fraction of sp³-hybridized carbons (Fsp3) is 0.647. The molecule has 0 heterocycles. The molecule has 1 aliphatic carbocycles. The number of aliphatic hydroxyl groups is 1. The SMILES string of the molecule is Cc1cccc(OC2CC(C(C)(C)C)CCC2O)c1. The fourth-order valence-electron chi connectivity index (χ4n) is 2.89. The lowest BCUT2D eigenvalue weighted by Crippen LogP contribution is -2.41. The molecular formula is C17H26O2. The topological polar surface area (TPSA) is 29.5 Å². The Labute approximate surface area is 116 Å². The van der Waals surface area contributed by atoms with E-state index in [1.54, 1.807) is 0 Å². The maximum absolute atomic E-state index is 10.2. The molecule has 3 atom stereocenters. The van der Waals surface area contributed by atoms with Crippen LogP contribution in [0.15, 0.2) is 24.3 Å². The van der Waals surface area contributed by atoms with Gasteiger partial charge in [-0.3, -0.25) is 0 Å². The van der Waals surface area contributed by atoms with Gasteiger partial charge in [0.2, 0.25) is 0 Å². The van der Waals surface area contributed by atoms with Crippen molar-refractivity contribution in [1.82, 2.24) is 0 Å². The third-order valence-corrected chi connectivity index (χ3v) is 4.26. The van der Waals surface area contributed by atoms with E-state index in [4.69, 9.17) is 4.74 Å². The molecule has 0 bridgehead atoms. The molecule has 19 heavy (non-hydrogen) atoms. The largest absolute Gasteiger partial charge is 0.488 e. The molecule has 0 saturated heterocycles. The first-order valence-corrected chi connectivity index (χ1v) is 7.27. The minimum atomic E-state index is -0.334. The third-order valence-electron chi connectivity index (χ3n) is 4.26. The fourth-order valence-corrected chi connectivity index (χ4v) is 2.89. The number of aliphatic hydroxyl groups excluding tert-OH is 1. The van der Waals surface area contributed by atoms with E-state index in [1.807, 2.05) is 18.2 Å². The molecule has 0 radical (unpaired) electrons. The standard InChI is InChI=1S/C17H26O2/c1-12-6-5-7-14(10-12)19-16-11-13(17(2,3)4)8-9-15(16)18/h5-7,10,13,15-16,18H,8-9,11H2,1-4H3. The van der Waals surface area contributed by atoms with Crippen molar-refractivity contribution in [3.05, 3.63) is 29.8 Å². The van der Waals surface area contributed by atoms with Gasteiger partial charge in [0, 0.05) is 0 Å². The molecule has 3 unspecified atom stereocenters. The Hall–Kier alpha value is -1.02. The highest BCUT2D eigenvalue weighted by molar-refractivity contribution is 5.27. The van der Waals surface area contributed by atoms with Crippen molar-refractivity contribution in [1.29, 1.82) is 0 Å². The smallest absolute Gasteiger partial charge is 0.125 e. The predicted octanol–water partition coefficient (Wildman–Crippen LogP) is 3.95. The van der Waals surface area contributed by atoms with Crippen molar-refractivity contribution >= 4 is 0 Å². The summed E-state index contributed by atoms with van der Waals surface area (Å²) < 4.78 is 6.02. The zero-order valence-corrected chi connectivity index (χ0v) is 12.5. The lowest BCUT2D eigenvalue weighted by Gasteiger charge is -2.40. The summed E-state index contributed by atoms with van der Waals surface area (Å²) in [5.41, 5.74) is 1.48. The van der Waals surface area contributed by atoms with Gasteiger partial charge in [-0.15, -0.1) is 0 Å². The zero-order valence-electron chi connectivity index (χ0n) is 12.5. The highest BCUT2D eigenvalue weighted by Gasteiger charge is 2.36. The number of benzene rings is 1. The summed E-state index contributed by atoms with van der Waals surface area (Å²) in [6.45, 7) is 8.89. The van der Waals surface area contributed by atoms with Gasteiger partial charge in [0.15, 0.2) is 0 Å². The van der Waals surface area contributed by atoms with Crippen LogP contribution in [0, 0.1) is 18.3 Å². The molecule has 1 N–H and O–H groups in total. The van der Waals surface area contributed by atoms with Gasteiger partial charge >= 0.3 is 0 Å². The Kier molecular flexibility index (Phi) is 4.19. The summed E-state index contributed by atoms with van der Waals surface area (Å²) >= 11 is 0. The van der Waals surface area contributed by atoms with Crippen LogP contribution in [-0.4, -0.2) is 17.3 Å². The maximum atomic E-state index is 10.2. The average molecular weight is 262 g/mol. The second-order valence-corrected chi connectivity index (χ2v) is 6.92. The normalized spacial score (nSPS) is 28.2. The number of rotatable bonds is 2. The summed E-state index contributed by atoms with van der Waals surface area (Å²) in [6, 6.07) is 8.07. The second kappa shape index (κ2) is 5.54. The quantitative estimate of drug-likeness (QED) is 0.874. The molecule has 1 aliphatic rings. The molecule has 1 aromatic rings. The van der Waals surface area contributed by atoms with E-state index in [1.165, 1.54) is 5.56 Å². The van der Waals surface area contributed by atoms with Crippen LogP contribution in [0.4, 0.5) is 0 Å². The van der Waals surface area contributed by atoms with Crippen LogP contribution in [0.5, 0.6) is 5.75 Å². The Bertz CT molecular complexity index is 420. The zero-order chi connectivity index (χ0) is 14.0. The van der Waals surface area contributed by atoms with Crippen LogP contribution in [0.25, 0.3) is 0 Å². The minimum absolute atomic E-state index is 0.0697. The third kappa shape index (κ3) is 3.73. The molecule has 0 aliphatic heterocycles. The summed E-state index contributed by atoms with van der Waals surface area (Å²) in [4.78, 5) is 0. The van der Waals surface area contributed by atoms with E-state index in [-0.39, 0.29) is 17.6 Å². The average Bonchev–Trinajstić information content (AvgIpc) is 2.30. The van der Waals surface area contributed by atoms with Gasteiger partial charge in [0.1, 0.15) is 11.9 Å². The Morgan fingerprint density at radius 3 is 2.58 bits per heavy atom. The summed E-state index contributed by atoms with van der Waals surface area (Å²) in [5.74, 6) is 1.49. The van der Waals surface area contributed by atoms with E-state index in [9.17, 15) is 5.11 Å². The highest BCUT2D eigenvalue weighted by atomic mass is 16.5. The van der Waals surface area contributed by atoms with E-state index < -0.39 is 0 Å². The van der Waals surface area contributed by atoms with Crippen molar-refractivity contribution in [2.75, 3.05) is 0 Å². The van der Waals surface area contributed by atoms with Crippen LogP contribution in [0.2, 0.25) is 0 Å². The molecule has 2 rings (SSSR count). The van der Waals surface area contributed by atoms with Gasteiger partial charge in [-0.1, -0.05) is 32.9 Å². The van der Waals surface area contributed by atoms with Crippen molar-refractivity contribution in [2.45, 2.75) is 59.2 Å². The first-order chi connectivity index (χ1) is 8.86. The number of hydrogen-bond donors (Lipinski definition) is 1. The van der Waals surface area contributed by atoms with Crippen molar-refractivity contribution in [3.8, 4) is 5.75 Å². The van der Waals surface area contributed by atoms with Crippen molar-refractivity contribution in [2.24, 2.45) is 11.3 Å². The molecule has 106 valence electrons. The van der Waals surface area contributed by atoms with Crippen LogP contribution < -0.4 is 4.74 Å². The van der Waals surface area contributed by atoms with E-state index in [0.29, 0.717) is 5.92 Å². The van der Waals surface area contributed by atoms with Crippen LogP contribution in [0.3, 0.4) is 0 Å². The first-order valence-electron chi connectivity index (χ1n) is 7.27. The summed E-state index contributed by atoms with van der Waals surface area (Å²) in [6.07, 6.45) is 2.48. The van der Waals surface area contributed by atoms with Gasteiger partial charge in [0.05, 0.1) is 6.10 Å². The number of hydrogen-bond acceptors (Lipinski definition) is 2. The van der Waals surface area contributed by atoms with Crippen molar-refractivity contribution < 1.29 is 9.84 Å². The molecule has 0 aromatic heterocycles. The monoisotopic (exact) mass is 262 g/mol. The van der Waals surface area contributed by atoms with E-state index in [0.717, 1.165) is 25.0 Å². The Morgan fingerprint density at radius 1 is 1.21 bits per heavy atom. The Morgan fingerprint density at radius 2 is 1.95 bits per heavy atom. The van der Waals surface area contributed by atoms with Crippen LogP contribution in [-0.2, 0) is 0 Å². The minimum Gasteiger partial charge on any atom is -0.488 e. The van der Waals surface area contributed by atoms with Crippen LogP contribution >= 0.6 is 0 Å². The summed E-state index contributed by atoms with van der Waals surface area (Å²) in [5, 5.41) is 10.2. The van der Waals surface area contributed by atoms with Crippen molar-refractivity contribution in [3.63, 3.8) is 0 Å². The van der Waals surface area contributed by atoms with E-state index >= 15 is 0 Å². The molecule has 0 amide bonds.